The fraction of sp³-hybridized carbons (Fsp3) is 0. The summed E-state index contributed by atoms with van der Waals surface area (Å²) in [5.74, 6) is 0.514. The zero-order valence-corrected chi connectivity index (χ0v) is 7.25. The molecule has 0 radical (unpaired) electrons. The van der Waals surface area contributed by atoms with Gasteiger partial charge in [-0.1, -0.05) is 0 Å². The number of benzene rings is 1. The van der Waals surface area contributed by atoms with E-state index in [4.69, 9.17) is 0 Å². The normalized spacial score (nSPS) is 10.0. The van der Waals surface area contributed by atoms with Crippen molar-refractivity contribution in [2.24, 2.45) is 0 Å². The van der Waals surface area contributed by atoms with E-state index in [2.05, 4.69) is 9.97 Å². The summed E-state index contributed by atoms with van der Waals surface area (Å²) in [6, 6.07) is 5.91. The second-order valence-corrected chi connectivity index (χ2v) is 2.77. The van der Waals surface area contributed by atoms with Crippen LogP contribution in [0.1, 0.15) is 0 Å². The van der Waals surface area contributed by atoms with Gasteiger partial charge in [-0.2, -0.15) is 0 Å². The summed E-state index contributed by atoms with van der Waals surface area (Å²) in [7, 11) is 0. The van der Waals surface area contributed by atoms with Crippen LogP contribution in [0.25, 0.3) is 11.4 Å². The summed E-state index contributed by atoms with van der Waals surface area (Å²) in [5, 5.41) is 18.7. The Morgan fingerprint density at radius 3 is 2.43 bits per heavy atom. The lowest BCUT2D eigenvalue weighted by atomic mass is 10.2. The first-order valence-electron chi connectivity index (χ1n) is 4.07. The Kier molecular flexibility index (Phi) is 2.02. The van der Waals surface area contributed by atoms with Crippen LogP contribution in [-0.2, 0) is 0 Å². The third kappa shape index (κ3) is 1.50. The maximum Gasteiger partial charge on any atom is 0.163 e. The molecule has 0 fully saturated rings. The summed E-state index contributed by atoms with van der Waals surface area (Å²) in [4.78, 5) is 7.94. The van der Waals surface area contributed by atoms with Crippen molar-refractivity contribution < 1.29 is 10.2 Å². The molecule has 14 heavy (non-hydrogen) atoms. The van der Waals surface area contributed by atoms with Crippen LogP contribution in [0.4, 0.5) is 0 Å². The summed E-state index contributed by atoms with van der Waals surface area (Å²) in [5.41, 5.74) is 0.422. The molecule has 70 valence electrons. The van der Waals surface area contributed by atoms with Crippen molar-refractivity contribution in [1.82, 2.24) is 9.97 Å². The second kappa shape index (κ2) is 3.33. The Labute approximate surface area is 80.5 Å². The lowest BCUT2D eigenvalue weighted by Gasteiger charge is -2.02. The zero-order chi connectivity index (χ0) is 9.97. The van der Waals surface area contributed by atoms with Crippen LogP contribution < -0.4 is 0 Å². The summed E-state index contributed by atoms with van der Waals surface area (Å²) in [6.07, 6.45) is 3.15. The average molecular weight is 188 g/mol. The van der Waals surface area contributed by atoms with Crippen molar-refractivity contribution in [3.8, 4) is 22.9 Å². The molecule has 0 bridgehead atoms. The molecule has 1 heterocycles. The summed E-state index contributed by atoms with van der Waals surface area (Å²) < 4.78 is 0. The molecule has 0 atom stereocenters. The average Bonchev–Trinajstić information content (AvgIpc) is 2.23. The van der Waals surface area contributed by atoms with Crippen molar-refractivity contribution in [2.75, 3.05) is 0 Å². The van der Waals surface area contributed by atoms with Crippen LogP contribution in [0.2, 0.25) is 0 Å². The molecule has 2 aromatic rings. The van der Waals surface area contributed by atoms with Gasteiger partial charge in [-0.3, -0.25) is 0 Å². The van der Waals surface area contributed by atoms with E-state index < -0.39 is 0 Å². The van der Waals surface area contributed by atoms with Gasteiger partial charge in [-0.15, -0.1) is 0 Å². The molecule has 2 rings (SSSR count). The smallest absolute Gasteiger partial charge is 0.163 e. The Hall–Kier alpha value is -2.10. The second-order valence-electron chi connectivity index (χ2n) is 2.77. The third-order valence-electron chi connectivity index (χ3n) is 1.79. The molecule has 0 amide bonds. The van der Waals surface area contributed by atoms with Crippen LogP contribution >= 0.6 is 0 Å². The van der Waals surface area contributed by atoms with E-state index in [1.54, 1.807) is 18.5 Å². The molecule has 0 saturated heterocycles. The Balaban J connectivity index is 2.57. The first-order valence-corrected chi connectivity index (χ1v) is 4.07. The van der Waals surface area contributed by atoms with E-state index in [1.807, 2.05) is 0 Å². The minimum absolute atomic E-state index is 0.0500. The predicted octanol–water partition coefficient (Wildman–Crippen LogP) is 1.55. The largest absolute Gasteiger partial charge is 0.508 e. The number of nitrogens with zero attached hydrogens (tertiary/aromatic N) is 2. The molecule has 2 N–H and O–H groups in total. The highest BCUT2D eigenvalue weighted by Crippen LogP contribution is 2.29. The topological polar surface area (TPSA) is 66.2 Å². The monoisotopic (exact) mass is 188 g/mol. The van der Waals surface area contributed by atoms with Gasteiger partial charge in [-0.05, 0) is 24.3 Å². The van der Waals surface area contributed by atoms with E-state index in [0.29, 0.717) is 11.4 Å². The highest BCUT2D eigenvalue weighted by molar-refractivity contribution is 5.65. The standard InChI is InChI=1S/C10H8N2O2/c13-7-2-3-9(14)8(6-7)10-11-4-1-5-12-10/h1-6,13-14H. The van der Waals surface area contributed by atoms with Gasteiger partial charge < -0.3 is 10.2 Å². The number of aromatic hydroxyl groups is 2. The fourth-order valence-electron chi connectivity index (χ4n) is 1.14. The molecule has 4 heteroatoms. The van der Waals surface area contributed by atoms with Gasteiger partial charge in [-0.25, -0.2) is 9.97 Å². The molecule has 0 unspecified atom stereocenters. The van der Waals surface area contributed by atoms with E-state index >= 15 is 0 Å². The van der Waals surface area contributed by atoms with Gasteiger partial charge in [0.2, 0.25) is 0 Å². The van der Waals surface area contributed by atoms with Gasteiger partial charge in [0.1, 0.15) is 11.5 Å². The molecular formula is C10H8N2O2. The number of phenols is 2. The number of hydrogen-bond acceptors (Lipinski definition) is 4. The number of aromatic nitrogens is 2. The lowest BCUT2D eigenvalue weighted by molar-refractivity contribution is 0.461. The number of hydrogen-bond donors (Lipinski definition) is 2. The van der Waals surface area contributed by atoms with Crippen LogP contribution in [-0.4, -0.2) is 20.2 Å². The van der Waals surface area contributed by atoms with Crippen molar-refractivity contribution in [3.63, 3.8) is 0 Å². The van der Waals surface area contributed by atoms with Gasteiger partial charge in [0.25, 0.3) is 0 Å². The van der Waals surface area contributed by atoms with E-state index in [-0.39, 0.29) is 11.5 Å². The van der Waals surface area contributed by atoms with Gasteiger partial charge in [0, 0.05) is 12.4 Å². The van der Waals surface area contributed by atoms with E-state index in [9.17, 15) is 10.2 Å². The zero-order valence-electron chi connectivity index (χ0n) is 7.25. The predicted molar refractivity (Wildman–Crippen MR) is 50.8 cm³/mol. The first-order chi connectivity index (χ1) is 6.77. The van der Waals surface area contributed by atoms with Crippen molar-refractivity contribution in [2.45, 2.75) is 0 Å². The van der Waals surface area contributed by atoms with Crippen LogP contribution in [0, 0.1) is 0 Å². The fourth-order valence-corrected chi connectivity index (χ4v) is 1.14. The van der Waals surface area contributed by atoms with Gasteiger partial charge >= 0.3 is 0 Å². The maximum atomic E-state index is 9.50. The molecule has 1 aromatic carbocycles. The van der Waals surface area contributed by atoms with Gasteiger partial charge in [0.05, 0.1) is 5.56 Å². The molecule has 0 aliphatic heterocycles. The first kappa shape index (κ1) is 8.50. The SMILES string of the molecule is Oc1ccc(O)c(-c2ncccn2)c1. The number of phenolic OH excluding ortho intramolecular Hbond substituents is 2. The molecule has 0 aliphatic rings. The Bertz CT molecular complexity index is 443. The lowest BCUT2D eigenvalue weighted by Crippen LogP contribution is -1.86. The Morgan fingerprint density at radius 1 is 1.00 bits per heavy atom. The van der Waals surface area contributed by atoms with Crippen molar-refractivity contribution >= 4 is 0 Å². The number of rotatable bonds is 1. The molecule has 4 nitrogen and oxygen atoms in total. The highest BCUT2D eigenvalue weighted by Gasteiger charge is 2.06. The maximum absolute atomic E-state index is 9.50. The Morgan fingerprint density at radius 2 is 1.71 bits per heavy atom. The van der Waals surface area contributed by atoms with Crippen LogP contribution in [0.5, 0.6) is 11.5 Å². The minimum atomic E-state index is 0.0500. The van der Waals surface area contributed by atoms with Crippen molar-refractivity contribution in [3.05, 3.63) is 36.7 Å². The molecule has 1 aromatic heterocycles. The quantitative estimate of drug-likeness (QED) is 0.666. The molecule has 0 aliphatic carbocycles. The molecule has 0 saturated carbocycles. The highest BCUT2D eigenvalue weighted by atomic mass is 16.3. The molecular weight excluding hydrogens is 180 g/mol. The minimum Gasteiger partial charge on any atom is -0.508 e. The summed E-state index contributed by atoms with van der Waals surface area (Å²) >= 11 is 0. The van der Waals surface area contributed by atoms with Crippen molar-refractivity contribution in [1.29, 1.82) is 0 Å². The van der Waals surface area contributed by atoms with Crippen LogP contribution in [0.3, 0.4) is 0 Å². The van der Waals surface area contributed by atoms with E-state index in [1.165, 1.54) is 18.2 Å². The van der Waals surface area contributed by atoms with Gasteiger partial charge in [0.15, 0.2) is 5.82 Å². The van der Waals surface area contributed by atoms with E-state index in [0.717, 1.165) is 0 Å². The summed E-state index contributed by atoms with van der Waals surface area (Å²) in [6.45, 7) is 0. The third-order valence-corrected chi connectivity index (χ3v) is 1.79. The van der Waals surface area contributed by atoms with Crippen LogP contribution in [0.15, 0.2) is 36.7 Å². The molecule has 0 spiro atoms.